The third kappa shape index (κ3) is 7.49. The molecule has 3 rings (SSSR count). The number of nitriles is 1. The normalized spacial score (nSPS) is 12.0. The van der Waals surface area contributed by atoms with Crippen molar-refractivity contribution in [1.82, 2.24) is 4.90 Å². The van der Waals surface area contributed by atoms with Gasteiger partial charge in [0.2, 0.25) is 5.91 Å². The van der Waals surface area contributed by atoms with Gasteiger partial charge in [-0.2, -0.15) is 5.26 Å². The van der Waals surface area contributed by atoms with E-state index in [0.717, 1.165) is 30.0 Å². The molecule has 0 saturated carbocycles. The van der Waals surface area contributed by atoms with E-state index >= 15 is 0 Å². The fraction of sp³-hybridized carbons (Fsp3) is 0.333. The number of hydrogen-bond acceptors (Lipinski definition) is 5. The molecule has 1 aliphatic rings. The van der Waals surface area contributed by atoms with Crippen LogP contribution in [0, 0.1) is 17.1 Å². The molecule has 0 atom stereocenters. The van der Waals surface area contributed by atoms with Gasteiger partial charge in [-0.1, -0.05) is 38.1 Å². The van der Waals surface area contributed by atoms with Crippen LogP contribution in [0.2, 0.25) is 5.02 Å². The lowest BCUT2D eigenvalue weighted by atomic mass is 10.0. The predicted octanol–water partition coefficient (Wildman–Crippen LogP) is 6.24. The van der Waals surface area contributed by atoms with E-state index in [2.05, 4.69) is 27.6 Å². The first kappa shape index (κ1) is 27.4. The highest BCUT2D eigenvalue weighted by atomic mass is 35.5. The number of nitrogens with zero attached hydrogens (tertiary/aromatic N) is 2. The highest BCUT2D eigenvalue weighted by Gasteiger charge is 2.23. The van der Waals surface area contributed by atoms with Crippen LogP contribution in [-0.4, -0.2) is 31.1 Å². The second-order valence-corrected chi connectivity index (χ2v) is 7.77. The van der Waals surface area contributed by atoms with Crippen molar-refractivity contribution < 1.29 is 13.9 Å². The molecule has 1 aromatic carbocycles. The number of methoxy groups -OCH3 is 1. The van der Waals surface area contributed by atoms with Gasteiger partial charge in [0.1, 0.15) is 16.9 Å². The summed E-state index contributed by atoms with van der Waals surface area (Å²) in [7, 11) is 1.68. The summed E-state index contributed by atoms with van der Waals surface area (Å²) in [5, 5.41) is 12.9. The summed E-state index contributed by atoms with van der Waals surface area (Å²) >= 11 is 7.32. The van der Waals surface area contributed by atoms with Crippen LogP contribution in [0.15, 0.2) is 37.1 Å². The topological polar surface area (TPSA) is 65.4 Å². The fourth-order valence-corrected chi connectivity index (χ4v) is 4.22. The van der Waals surface area contributed by atoms with E-state index in [0.29, 0.717) is 17.1 Å². The minimum absolute atomic E-state index is 0.150. The second-order valence-electron chi connectivity index (χ2n) is 6.26. The summed E-state index contributed by atoms with van der Waals surface area (Å²) in [4.78, 5) is 15.3. The molecule has 0 spiro atoms. The monoisotopic (exact) mass is 477 g/mol. The van der Waals surface area contributed by atoms with Gasteiger partial charge >= 0.3 is 0 Å². The third-order valence-corrected chi connectivity index (χ3v) is 5.84. The Balaban J connectivity index is 0.000000769. The molecule has 172 valence electrons. The lowest BCUT2D eigenvalue weighted by Gasteiger charge is -2.24. The highest BCUT2D eigenvalue weighted by Crippen LogP contribution is 2.36. The molecule has 0 bridgehead atoms. The average Bonchev–Trinajstić information content (AvgIpc) is 3.15. The largest absolute Gasteiger partial charge is 0.385 e. The molecule has 0 aliphatic carbocycles. The fourth-order valence-electron chi connectivity index (χ4n) is 2.77. The van der Waals surface area contributed by atoms with Gasteiger partial charge in [0, 0.05) is 36.8 Å². The van der Waals surface area contributed by atoms with Crippen LogP contribution >= 0.6 is 22.9 Å². The summed E-state index contributed by atoms with van der Waals surface area (Å²) in [6, 6.07) is 6.50. The Kier molecular flexibility index (Phi) is 12.3. The molecular formula is C24H29ClFN3O2S. The van der Waals surface area contributed by atoms with Gasteiger partial charge in [0.15, 0.2) is 0 Å². The summed E-state index contributed by atoms with van der Waals surface area (Å²) in [5.74, 6) is -0.949. The van der Waals surface area contributed by atoms with Crippen LogP contribution < -0.4 is 5.32 Å². The number of hydrogen-bond donors (Lipinski definition) is 1. The molecular weight excluding hydrogens is 449 g/mol. The van der Waals surface area contributed by atoms with Crippen molar-refractivity contribution in [3.63, 3.8) is 0 Å². The number of ether oxygens (including phenoxy) is 1. The number of carbonyl (C=O) groups excluding carboxylic acids is 1. The van der Waals surface area contributed by atoms with E-state index in [1.165, 1.54) is 35.6 Å². The quantitative estimate of drug-likeness (QED) is 0.517. The van der Waals surface area contributed by atoms with Crippen molar-refractivity contribution in [1.29, 1.82) is 5.26 Å². The van der Waals surface area contributed by atoms with Crippen LogP contribution in [0.25, 0.3) is 6.08 Å². The first-order valence-electron chi connectivity index (χ1n) is 10.3. The number of benzene rings is 1. The van der Waals surface area contributed by atoms with E-state index in [-0.39, 0.29) is 10.6 Å². The first-order chi connectivity index (χ1) is 15.4. The van der Waals surface area contributed by atoms with Gasteiger partial charge in [-0.25, -0.2) is 4.39 Å². The van der Waals surface area contributed by atoms with Crippen molar-refractivity contribution in [3.8, 4) is 6.07 Å². The number of thiophene rings is 1. The maximum absolute atomic E-state index is 13.8. The zero-order chi connectivity index (χ0) is 24.1. The standard InChI is InChI=1S/C19H15ClFN3OS.C3H8O.C2H6/c1-2-24-9-8-12-14(10-22)19(26-17(12)11-24)23-18(25)7-6-13-15(20)4-3-5-16(13)21;1-3-4-2;1-2/h2-7H,1,8-9,11H2,(H,23,25);3H2,1-2H3;1-2H3/b7-6+;;. The zero-order valence-electron chi connectivity index (χ0n) is 18.9. The minimum Gasteiger partial charge on any atom is -0.385 e. The lowest BCUT2D eigenvalue weighted by molar-refractivity contribution is -0.111. The lowest BCUT2D eigenvalue weighted by Crippen LogP contribution is -2.24. The molecule has 0 fully saturated rings. The number of nitrogens with one attached hydrogen (secondary N) is 1. The molecule has 32 heavy (non-hydrogen) atoms. The van der Waals surface area contributed by atoms with Crippen LogP contribution in [0.1, 0.15) is 42.3 Å². The number of halogens is 2. The number of anilines is 1. The van der Waals surface area contributed by atoms with Crippen molar-refractivity contribution in [2.24, 2.45) is 0 Å². The van der Waals surface area contributed by atoms with Crippen LogP contribution in [0.5, 0.6) is 0 Å². The summed E-state index contributed by atoms with van der Waals surface area (Å²) in [6.45, 7) is 12.0. The second kappa shape index (κ2) is 14.4. The summed E-state index contributed by atoms with van der Waals surface area (Å²) in [6.07, 6.45) is 5.04. The molecule has 5 nitrogen and oxygen atoms in total. The van der Waals surface area contributed by atoms with Crippen LogP contribution in [-0.2, 0) is 22.5 Å². The molecule has 0 radical (unpaired) electrons. The zero-order valence-corrected chi connectivity index (χ0v) is 20.4. The maximum Gasteiger partial charge on any atom is 0.249 e. The smallest absolute Gasteiger partial charge is 0.249 e. The van der Waals surface area contributed by atoms with E-state index in [4.69, 9.17) is 11.6 Å². The molecule has 1 N–H and O–H groups in total. The molecule has 2 aromatic rings. The van der Waals surface area contributed by atoms with Crippen molar-refractivity contribution in [2.45, 2.75) is 33.7 Å². The van der Waals surface area contributed by atoms with E-state index in [1.807, 2.05) is 20.8 Å². The van der Waals surface area contributed by atoms with Crippen molar-refractivity contribution in [3.05, 3.63) is 69.5 Å². The molecule has 0 saturated heterocycles. The Bertz CT molecular complexity index is 960. The number of rotatable bonds is 5. The summed E-state index contributed by atoms with van der Waals surface area (Å²) < 4.78 is 18.3. The predicted molar refractivity (Wildman–Crippen MR) is 131 cm³/mol. The van der Waals surface area contributed by atoms with Gasteiger partial charge in [0.25, 0.3) is 0 Å². The Morgan fingerprint density at radius 1 is 1.47 bits per heavy atom. The number of fused-ring (bicyclic) bond motifs is 1. The third-order valence-electron chi connectivity index (χ3n) is 4.38. The SMILES string of the molecule is C=CN1CCc2c(sc(NC(=O)/C=C/c3c(F)cccc3Cl)c2C#N)C1.CC.CCOC. The summed E-state index contributed by atoms with van der Waals surface area (Å²) in [5.41, 5.74) is 1.63. The van der Waals surface area contributed by atoms with Crippen LogP contribution in [0.3, 0.4) is 0 Å². The maximum atomic E-state index is 13.8. The Labute approximate surface area is 198 Å². The Morgan fingerprint density at radius 3 is 2.72 bits per heavy atom. The van der Waals surface area contributed by atoms with E-state index < -0.39 is 11.7 Å². The van der Waals surface area contributed by atoms with Gasteiger partial charge in [-0.05, 0) is 43.3 Å². The Hall–Kier alpha value is -2.66. The number of amides is 1. The van der Waals surface area contributed by atoms with Gasteiger partial charge in [0.05, 0.1) is 17.1 Å². The minimum atomic E-state index is -0.504. The average molecular weight is 478 g/mol. The van der Waals surface area contributed by atoms with E-state index in [9.17, 15) is 14.4 Å². The van der Waals surface area contributed by atoms with Crippen LogP contribution in [0.4, 0.5) is 9.39 Å². The molecule has 0 unspecified atom stereocenters. The molecule has 2 heterocycles. The molecule has 1 aliphatic heterocycles. The van der Waals surface area contributed by atoms with Gasteiger partial charge in [-0.15, -0.1) is 11.3 Å². The van der Waals surface area contributed by atoms with Crippen molar-refractivity contribution >= 4 is 39.9 Å². The first-order valence-corrected chi connectivity index (χ1v) is 11.5. The molecule has 1 aromatic heterocycles. The Morgan fingerprint density at radius 2 is 2.16 bits per heavy atom. The number of carbonyl (C=O) groups is 1. The molecule has 8 heteroatoms. The van der Waals surface area contributed by atoms with Gasteiger partial charge < -0.3 is 15.0 Å². The van der Waals surface area contributed by atoms with Gasteiger partial charge in [-0.3, -0.25) is 4.79 Å². The highest BCUT2D eigenvalue weighted by molar-refractivity contribution is 7.16. The van der Waals surface area contributed by atoms with Crippen molar-refractivity contribution in [2.75, 3.05) is 25.6 Å². The van der Waals surface area contributed by atoms with E-state index in [1.54, 1.807) is 19.4 Å². The molecule has 1 amide bonds.